The summed E-state index contributed by atoms with van der Waals surface area (Å²) in [7, 11) is 0. The van der Waals surface area contributed by atoms with E-state index < -0.39 is 0 Å². The second-order valence-corrected chi connectivity index (χ2v) is 16.5. The van der Waals surface area contributed by atoms with Crippen molar-refractivity contribution in [1.29, 1.82) is 0 Å². The molecule has 0 radical (unpaired) electrons. The molecule has 0 unspecified atom stereocenters. The van der Waals surface area contributed by atoms with Crippen molar-refractivity contribution in [3.63, 3.8) is 0 Å². The third-order valence-electron chi connectivity index (χ3n) is 12.6. The van der Waals surface area contributed by atoms with E-state index >= 15 is 0 Å². The van der Waals surface area contributed by atoms with Crippen molar-refractivity contribution >= 4 is 27.8 Å². The Balaban J connectivity index is 1.09. The van der Waals surface area contributed by atoms with Crippen molar-refractivity contribution in [2.75, 3.05) is 4.90 Å². The van der Waals surface area contributed by atoms with Crippen molar-refractivity contribution in [3.05, 3.63) is 249 Å². The highest BCUT2D eigenvalue weighted by Crippen LogP contribution is 2.54. The van der Waals surface area contributed by atoms with E-state index in [1.807, 2.05) is 12.1 Å². The largest absolute Gasteiger partial charge is 0.310 e. The van der Waals surface area contributed by atoms with Crippen LogP contribution in [0.25, 0.3) is 100 Å². The average molecular weight is 828 g/mol. The third-order valence-corrected chi connectivity index (χ3v) is 12.6. The maximum atomic E-state index is 5.46. The van der Waals surface area contributed by atoms with Gasteiger partial charge in [-0.15, -0.1) is 0 Å². The van der Waals surface area contributed by atoms with Crippen LogP contribution in [0.5, 0.6) is 0 Å². The first-order chi connectivity index (χ1) is 32.2. The first kappa shape index (κ1) is 38.0. The first-order valence-electron chi connectivity index (χ1n) is 22.1. The molecule has 0 fully saturated rings. The van der Waals surface area contributed by atoms with E-state index in [4.69, 9.17) is 9.97 Å². The van der Waals surface area contributed by atoms with E-state index in [0.717, 1.165) is 61.8 Å². The molecule has 1 heterocycles. The Morgan fingerprint density at radius 2 is 0.754 bits per heavy atom. The number of hydrogen-bond acceptors (Lipinski definition) is 3. The molecule has 1 aliphatic rings. The van der Waals surface area contributed by atoms with Gasteiger partial charge in [-0.1, -0.05) is 212 Å². The van der Waals surface area contributed by atoms with E-state index in [1.54, 1.807) is 0 Å². The van der Waals surface area contributed by atoms with Gasteiger partial charge in [-0.3, -0.25) is 0 Å². The molecule has 65 heavy (non-hydrogen) atoms. The summed E-state index contributed by atoms with van der Waals surface area (Å²) in [5, 5.41) is 2.49. The van der Waals surface area contributed by atoms with E-state index in [2.05, 4.69) is 241 Å². The zero-order chi connectivity index (χ0) is 43.1. The van der Waals surface area contributed by atoms with Gasteiger partial charge in [0.15, 0.2) is 5.82 Å². The monoisotopic (exact) mass is 827 g/mol. The van der Waals surface area contributed by atoms with Gasteiger partial charge in [0.25, 0.3) is 0 Å². The molecule has 0 spiro atoms. The van der Waals surface area contributed by atoms with E-state index in [9.17, 15) is 0 Å². The summed E-state index contributed by atoms with van der Waals surface area (Å²) in [6.45, 7) is 0. The predicted molar refractivity (Wildman–Crippen MR) is 271 cm³/mol. The fourth-order valence-electron chi connectivity index (χ4n) is 9.54. The quantitative estimate of drug-likeness (QED) is 0.145. The zero-order valence-electron chi connectivity index (χ0n) is 35.5. The van der Waals surface area contributed by atoms with E-state index in [1.165, 1.54) is 49.7 Å². The molecule has 0 saturated carbocycles. The summed E-state index contributed by atoms with van der Waals surface area (Å²) in [5.41, 5.74) is 19.8. The van der Waals surface area contributed by atoms with Crippen molar-refractivity contribution in [2.45, 2.75) is 0 Å². The topological polar surface area (TPSA) is 29.0 Å². The summed E-state index contributed by atoms with van der Waals surface area (Å²) in [6.07, 6.45) is 0. The molecule has 0 bridgehead atoms. The summed E-state index contributed by atoms with van der Waals surface area (Å²) in [6, 6.07) is 88.9. The molecule has 1 aliphatic carbocycles. The molecule has 0 amide bonds. The number of anilines is 3. The molecular weight excluding hydrogens is 787 g/mol. The fraction of sp³-hybridized carbons (Fsp3) is 0. The SMILES string of the molecule is c1ccc(-c2ccc(-c3ccc(N(c4cc(-c5cc(-c6ccccc6)nc(-c6ccccc6)n5)c5c(c4)-c4cccc6cccc-5c46)c4ccccc4-c4ccccc4)cc3)cc2)cc1. The van der Waals surface area contributed by atoms with Gasteiger partial charge in [-0.05, 0) is 97.2 Å². The maximum absolute atomic E-state index is 5.46. The molecule has 12 rings (SSSR count). The number of benzene rings is 10. The highest BCUT2D eigenvalue weighted by atomic mass is 15.1. The van der Waals surface area contributed by atoms with Gasteiger partial charge >= 0.3 is 0 Å². The maximum Gasteiger partial charge on any atom is 0.160 e. The standard InChI is InChI=1S/C62H41N3/c1-5-17-42(18-6-1)43-31-33-44(34-32-43)45-35-37-50(38-36-45)65(59-30-14-13-27-52(59)46-19-7-2-8-20-46)51-39-55-53-28-15-25-48-26-16-29-54(60(48)53)61(55)56(40-51)58-41-57(47-21-9-3-10-22-47)63-62(64-58)49-23-11-4-12-24-49/h1-41H. The van der Waals surface area contributed by atoms with Gasteiger partial charge in [0.05, 0.1) is 17.1 Å². The van der Waals surface area contributed by atoms with Crippen LogP contribution < -0.4 is 4.90 Å². The summed E-state index contributed by atoms with van der Waals surface area (Å²) in [4.78, 5) is 13.1. The number of aromatic nitrogens is 2. The molecule has 0 saturated heterocycles. The third kappa shape index (κ3) is 6.97. The number of nitrogens with zero attached hydrogens (tertiary/aromatic N) is 3. The number of fused-ring (bicyclic) bond motifs is 3. The van der Waals surface area contributed by atoms with Crippen LogP contribution in [0, 0.1) is 0 Å². The molecule has 0 N–H and O–H groups in total. The highest BCUT2D eigenvalue weighted by Gasteiger charge is 2.29. The minimum atomic E-state index is 0.688. The van der Waals surface area contributed by atoms with E-state index in [0.29, 0.717) is 5.82 Å². The zero-order valence-corrected chi connectivity index (χ0v) is 35.5. The molecular formula is C62H41N3. The van der Waals surface area contributed by atoms with Crippen LogP contribution in [0.1, 0.15) is 0 Å². The van der Waals surface area contributed by atoms with Gasteiger partial charge in [0.2, 0.25) is 0 Å². The number of rotatable bonds is 9. The summed E-state index contributed by atoms with van der Waals surface area (Å²) >= 11 is 0. The van der Waals surface area contributed by atoms with Gasteiger partial charge in [0, 0.05) is 33.6 Å². The smallest absolute Gasteiger partial charge is 0.160 e. The van der Waals surface area contributed by atoms with Gasteiger partial charge in [-0.2, -0.15) is 0 Å². The van der Waals surface area contributed by atoms with Gasteiger partial charge < -0.3 is 4.90 Å². The molecule has 1 aromatic heterocycles. The van der Waals surface area contributed by atoms with Crippen LogP contribution in [0.2, 0.25) is 0 Å². The Morgan fingerprint density at radius 1 is 0.277 bits per heavy atom. The Bertz CT molecular complexity index is 3430. The highest BCUT2D eigenvalue weighted by molar-refractivity contribution is 6.19. The van der Waals surface area contributed by atoms with Crippen molar-refractivity contribution in [2.24, 2.45) is 0 Å². The molecule has 0 atom stereocenters. The molecule has 10 aromatic carbocycles. The summed E-state index contributed by atoms with van der Waals surface area (Å²) < 4.78 is 0. The van der Waals surface area contributed by atoms with Crippen LogP contribution in [-0.4, -0.2) is 9.97 Å². The van der Waals surface area contributed by atoms with Gasteiger partial charge in [-0.25, -0.2) is 9.97 Å². The predicted octanol–water partition coefficient (Wildman–Crippen LogP) is 16.7. The van der Waals surface area contributed by atoms with Crippen molar-refractivity contribution in [1.82, 2.24) is 9.97 Å². The Morgan fingerprint density at radius 3 is 1.40 bits per heavy atom. The van der Waals surface area contributed by atoms with Crippen LogP contribution in [0.3, 0.4) is 0 Å². The minimum absolute atomic E-state index is 0.688. The lowest BCUT2D eigenvalue weighted by molar-refractivity contribution is 1.18. The van der Waals surface area contributed by atoms with Gasteiger partial charge in [0.1, 0.15) is 0 Å². The number of para-hydroxylation sites is 1. The van der Waals surface area contributed by atoms with Crippen molar-refractivity contribution in [3.8, 4) is 89.5 Å². The minimum Gasteiger partial charge on any atom is -0.310 e. The van der Waals surface area contributed by atoms with Crippen LogP contribution in [-0.2, 0) is 0 Å². The molecule has 3 heteroatoms. The van der Waals surface area contributed by atoms with E-state index in [-0.39, 0.29) is 0 Å². The van der Waals surface area contributed by atoms with Crippen LogP contribution in [0.4, 0.5) is 17.1 Å². The summed E-state index contributed by atoms with van der Waals surface area (Å²) in [5.74, 6) is 0.688. The lowest BCUT2D eigenvalue weighted by Crippen LogP contribution is -2.12. The molecule has 11 aromatic rings. The lowest BCUT2D eigenvalue weighted by Gasteiger charge is -2.29. The lowest BCUT2D eigenvalue weighted by atomic mass is 9.93. The molecule has 3 nitrogen and oxygen atoms in total. The number of hydrogen-bond donors (Lipinski definition) is 0. The second kappa shape index (κ2) is 16.2. The first-order valence-corrected chi connectivity index (χ1v) is 22.1. The molecule has 0 aliphatic heterocycles. The second-order valence-electron chi connectivity index (χ2n) is 16.5. The normalized spacial score (nSPS) is 11.4. The van der Waals surface area contributed by atoms with Crippen LogP contribution in [0.15, 0.2) is 249 Å². The fourth-order valence-corrected chi connectivity index (χ4v) is 9.54. The molecule has 304 valence electrons. The average Bonchev–Trinajstić information content (AvgIpc) is 3.72. The van der Waals surface area contributed by atoms with Crippen molar-refractivity contribution < 1.29 is 0 Å². The Kier molecular flexibility index (Phi) is 9.50. The Labute approximate surface area is 379 Å². The van der Waals surface area contributed by atoms with Crippen LogP contribution >= 0.6 is 0 Å². The Hall–Kier alpha value is -8.66.